The molecule has 1 aromatic heterocycles. The third-order valence-corrected chi connectivity index (χ3v) is 5.06. The molecule has 0 spiro atoms. The zero-order valence-corrected chi connectivity index (χ0v) is 17.0. The summed E-state index contributed by atoms with van der Waals surface area (Å²) in [6.07, 6.45) is 0. The molecule has 140 valence electrons. The lowest BCUT2D eigenvalue weighted by molar-refractivity contribution is -0.117. The maximum atomic E-state index is 12.8. The number of likely N-dealkylation sites (N-methyl/N-ethyl adjacent to an activating group) is 1. The second-order valence-corrected chi connectivity index (χ2v) is 7.19. The molecule has 0 aliphatic heterocycles. The van der Waals surface area contributed by atoms with Gasteiger partial charge in [-0.1, -0.05) is 60.1 Å². The Bertz CT molecular complexity index is 1010. The number of nitrogens with zero attached hydrogens (tertiary/aromatic N) is 1. The van der Waals surface area contributed by atoms with Crippen LogP contribution in [0.3, 0.4) is 0 Å². The van der Waals surface area contributed by atoms with Crippen molar-refractivity contribution in [2.75, 3.05) is 25.0 Å². The van der Waals surface area contributed by atoms with E-state index >= 15 is 0 Å². The molecule has 0 saturated carbocycles. The van der Waals surface area contributed by atoms with Crippen molar-refractivity contribution in [3.05, 3.63) is 63.4 Å². The average molecular weight is 428 g/mol. The molecule has 0 unspecified atom stereocenters. The minimum atomic E-state index is -0.309. The van der Waals surface area contributed by atoms with Crippen LogP contribution in [0.15, 0.2) is 57.8 Å². The second kappa shape index (κ2) is 8.50. The molecule has 0 fully saturated rings. The Hall–Kier alpha value is -2.44. The lowest BCUT2D eigenvalue weighted by Crippen LogP contribution is -2.34. The summed E-state index contributed by atoms with van der Waals surface area (Å²) in [5, 5.41) is 3.72. The monoisotopic (exact) mass is 427 g/mol. The van der Waals surface area contributed by atoms with Crippen molar-refractivity contribution in [3.63, 3.8) is 0 Å². The smallest absolute Gasteiger partial charge is 0.272 e. The van der Waals surface area contributed by atoms with E-state index in [2.05, 4.69) is 26.2 Å². The van der Waals surface area contributed by atoms with Gasteiger partial charge in [-0.25, -0.2) is 0 Å². The van der Waals surface area contributed by atoms with Gasteiger partial charge in [0.1, 0.15) is 5.69 Å². The number of carbonyl (C=O) groups excluding carboxylic acids is 1. The van der Waals surface area contributed by atoms with Crippen LogP contribution in [0.1, 0.15) is 13.8 Å². The van der Waals surface area contributed by atoms with Crippen LogP contribution in [0, 0.1) is 0 Å². The van der Waals surface area contributed by atoms with E-state index in [0.717, 1.165) is 39.6 Å². The van der Waals surface area contributed by atoms with Crippen molar-refractivity contribution in [3.8, 4) is 11.1 Å². The predicted molar refractivity (Wildman–Crippen MR) is 114 cm³/mol. The van der Waals surface area contributed by atoms with E-state index in [1.807, 2.05) is 67.3 Å². The van der Waals surface area contributed by atoms with Gasteiger partial charge < -0.3 is 10.3 Å². The second-order valence-electron chi connectivity index (χ2n) is 6.27. The van der Waals surface area contributed by atoms with Gasteiger partial charge in [-0.2, -0.15) is 0 Å². The van der Waals surface area contributed by atoms with Gasteiger partial charge in [0.2, 0.25) is 5.91 Å². The number of aromatic amines is 1. The van der Waals surface area contributed by atoms with Crippen molar-refractivity contribution in [2.45, 2.75) is 13.8 Å². The van der Waals surface area contributed by atoms with Crippen LogP contribution in [0.4, 0.5) is 5.69 Å². The van der Waals surface area contributed by atoms with E-state index in [9.17, 15) is 9.59 Å². The van der Waals surface area contributed by atoms with Crippen LogP contribution >= 0.6 is 15.9 Å². The molecule has 1 amide bonds. The Kier molecular flexibility index (Phi) is 6.08. The Morgan fingerprint density at radius 3 is 2.48 bits per heavy atom. The van der Waals surface area contributed by atoms with E-state index in [-0.39, 0.29) is 23.7 Å². The summed E-state index contributed by atoms with van der Waals surface area (Å²) in [5.74, 6) is -0.198. The Labute approximate surface area is 166 Å². The van der Waals surface area contributed by atoms with Crippen molar-refractivity contribution in [2.24, 2.45) is 0 Å². The molecule has 27 heavy (non-hydrogen) atoms. The summed E-state index contributed by atoms with van der Waals surface area (Å²) in [4.78, 5) is 30.2. The number of H-pyrrole nitrogens is 1. The van der Waals surface area contributed by atoms with Crippen molar-refractivity contribution in [1.82, 2.24) is 9.88 Å². The van der Waals surface area contributed by atoms with Crippen LogP contribution in [0.5, 0.6) is 0 Å². The minimum Gasteiger partial charge on any atom is -0.320 e. The molecule has 0 aliphatic carbocycles. The number of hydrogen-bond donors (Lipinski definition) is 2. The van der Waals surface area contributed by atoms with Gasteiger partial charge in [0.25, 0.3) is 5.56 Å². The number of amides is 1. The van der Waals surface area contributed by atoms with Crippen LogP contribution in [0.2, 0.25) is 0 Å². The largest absolute Gasteiger partial charge is 0.320 e. The highest BCUT2D eigenvalue weighted by Crippen LogP contribution is 2.33. The summed E-state index contributed by atoms with van der Waals surface area (Å²) >= 11 is 3.50. The maximum Gasteiger partial charge on any atom is 0.272 e. The fourth-order valence-corrected chi connectivity index (χ4v) is 3.48. The summed E-state index contributed by atoms with van der Waals surface area (Å²) in [6.45, 7) is 5.81. The number of fused-ring (bicyclic) bond motifs is 1. The van der Waals surface area contributed by atoms with Crippen LogP contribution in [0.25, 0.3) is 22.0 Å². The highest BCUT2D eigenvalue weighted by Gasteiger charge is 2.18. The first kappa shape index (κ1) is 19.3. The van der Waals surface area contributed by atoms with Crippen LogP contribution in [-0.2, 0) is 4.79 Å². The Morgan fingerprint density at radius 2 is 1.81 bits per heavy atom. The number of anilines is 1. The molecule has 3 aromatic rings. The first-order chi connectivity index (χ1) is 13.0. The topological polar surface area (TPSA) is 65.2 Å². The number of pyridine rings is 1. The molecule has 3 rings (SSSR count). The maximum absolute atomic E-state index is 12.8. The number of aromatic nitrogens is 1. The predicted octanol–water partition coefficient (Wildman–Crippen LogP) is 4.24. The minimum absolute atomic E-state index is 0.198. The number of carbonyl (C=O) groups is 1. The highest BCUT2D eigenvalue weighted by molar-refractivity contribution is 9.10. The highest BCUT2D eigenvalue weighted by atomic mass is 79.9. The summed E-state index contributed by atoms with van der Waals surface area (Å²) < 4.78 is 0.902. The summed E-state index contributed by atoms with van der Waals surface area (Å²) in [6, 6.07) is 15.3. The molecule has 5 nitrogen and oxygen atoms in total. The standard InChI is InChI=1S/C21H22BrN3O2/c1-3-25(4-2)13-18(26)24-20-19(14-8-6-5-7-9-14)16-12-15(22)10-11-17(16)23-21(20)27/h5-12H,3-4,13H2,1-2H3,(H,23,27)(H,24,26). The van der Waals surface area contributed by atoms with Gasteiger partial charge >= 0.3 is 0 Å². The zero-order chi connectivity index (χ0) is 19.4. The number of rotatable bonds is 6. The molecule has 6 heteroatoms. The fraction of sp³-hybridized carbons (Fsp3) is 0.238. The first-order valence-electron chi connectivity index (χ1n) is 8.96. The first-order valence-corrected chi connectivity index (χ1v) is 9.76. The van der Waals surface area contributed by atoms with Gasteiger partial charge in [0, 0.05) is 20.9 Å². The average Bonchev–Trinajstić information content (AvgIpc) is 2.67. The van der Waals surface area contributed by atoms with E-state index in [1.54, 1.807) is 0 Å². The van der Waals surface area contributed by atoms with Gasteiger partial charge in [-0.05, 0) is 36.9 Å². The Balaban J connectivity index is 2.15. The summed E-state index contributed by atoms with van der Waals surface area (Å²) in [7, 11) is 0. The van der Waals surface area contributed by atoms with Crippen molar-refractivity contribution < 1.29 is 4.79 Å². The molecule has 2 N–H and O–H groups in total. The number of halogens is 1. The molecule has 0 bridgehead atoms. The molecule has 0 radical (unpaired) electrons. The van der Waals surface area contributed by atoms with Crippen LogP contribution in [-0.4, -0.2) is 35.4 Å². The normalized spacial score (nSPS) is 11.1. The molecular formula is C21H22BrN3O2. The molecule has 0 aliphatic rings. The van der Waals surface area contributed by atoms with Gasteiger partial charge in [0.15, 0.2) is 0 Å². The van der Waals surface area contributed by atoms with E-state index in [4.69, 9.17) is 0 Å². The third-order valence-electron chi connectivity index (χ3n) is 4.56. The fourth-order valence-electron chi connectivity index (χ4n) is 3.12. The van der Waals surface area contributed by atoms with E-state index < -0.39 is 0 Å². The van der Waals surface area contributed by atoms with Gasteiger partial charge in [-0.15, -0.1) is 0 Å². The molecule has 2 aromatic carbocycles. The molecule has 0 saturated heterocycles. The van der Waals surface area contributed by atoms with Crippen molar-refractivity contribution >= 4 is 38.4 Å². The van der Waals surface area contributed by atoms with Crippen molar-refractivity contribution in [1.29, 1.82) is 0 Å². The van der Waals surface area contributed by atoms with Crippen LogP contribution < -0.4 is 10.9 Å². The van der Waals surface area contributed by atoms with Gasteiger partial charge in [-0.3, -0.25) is 14.5 Å². The summed E-state index contributed by atoms with van der Waals surface area (Å²) in [5.41, 5.74) is 2.30. The van der Waals surface area contributed by atoms with E-state index in [0.29, 0.717) is 0 Å². The SMILES string of the molecule is CCN(CC)CC(=O)Nc1c(-c2ccccc2)c2cc(Br)ccc2[nH]c1=O. The number of hydrogen-bond acceptors (Lipinski definition) is 3. The number of benzene rings is 2. The molecule has 1 heterocycles. The zero-order valence-electron chi connectivity index (χ0n) is 15.4. The quantitative estimate of drug-likeness (QED) is 0.618. The molecule has 0 atom stereocenters. The lowest BCUT2D eigenvalue weighted by atomic mass is 9.99. The van der Waals surface area contributed by atoms with Gasteiger partial charge in [0.05, 0.1) is 6.54 Å². The van der Waals surface area contributed by atoms with E-state index in [1.165, 1.54) is 0 Å². The Morgan fingerprint density at radius 1 is 1.11 bits per heavy atom. The third kappa shape index (κ3) is 4.28. The molecular weight excluding hydrogens is 406 g/mol. The number of nitrogens with one attached hydrogen (secondary N) is 2. The lowest BCUT2D eigenvalue weighted by Gasteiger charge is -2.19.